The average molecular weight is 324 g/mol. The van der Waals surface area contributed by atoms with Crippen molar-refractivity contribution in [2.45, 2.75) is 18.9 Å². The minimum absolute atomic E-state index is 0.288. The zero-order valence-corrected chi connectivity index (χ0v) is 13.7. The molecule has 2 rings (SSSR count). The SMILES string of the molecule is CNC(Cc1cccc(Cl)c1)Cc1cc(Cl)ccc1OC. The summed E-state index contributed by atoms with van der Waals surface area (Å²) < 4.78 is 5.41. The fourth-order valence-corrected chi connectivity index (χ4v) is 2.80. The molecule has 0 aliphatic rings. The number of nitrogens with one attached hydrogen (secondary N) is 1. The first-order valence-corrected chi connectivity index (χ1v) is 7.62. The van der Waals surface area contributed by atoms with Crippen LogP contribution >= 0.6 is 23.2 Å². The van der Waals surface area contributed by atoms with Crippen LogP contribution in [0.15, 0.2) is 42.5 Å². The summed E-state index contributed by atoms with van der Waals surface area (Å²) in [4.78, 5) is 0. The van der Waals surface area contributed by atoms with Crippen molar-refractivity contribution in [3.8, 4) is 5.75 Å². The third-order valence-corrected chi connectivity index (χ3v) is 3.96. The van der Waals surface area contributed by atoms with Crippen molar-refractivity contribution < 1.29 is 4.74 Å². The van der Waals surface area contributed by atoms with Gasteiger partial charge in [-0.15, -0.1) is 0 Å². The first-order chi connectivity index (χ1) is 10.1. The Balaban J connectivity index is 2.14. The van der Waals surface area contributed by atoms with Crippen molar-refractivity contribution >= 4 is 23.2 Å². The van der Waals surface area contributed by atoms with Gasteiger partial charge in [0.1, 0.15) is 5.75 Å². The largest absolute Gasteiger partial charge is 0.496 e. The zero-order valence-electron chi connectivity index (χ0n) is 12.2. The molecule has 0 spiro atoms. The van der Waals surface area contributed by atoms with Gasteiger partial charge in [-0.25, -0.2) is 0 Å². The topological polar surface area (TPSA) is 21.3 Å². The summed E-state index contributed by atoms with van der Waals surface area (Å²) in [6.07, 6.45) is 1.74. The molecule has 0 heterocycles. The maximum absolute atomic E-state index is 6.09. The molecule has 0 aliphatic carbocycles. The van der Waals surface area contributed by atoms with Gasteiger partial charge < -0.3 is 10.1 Å². The lowest BCUT2D eigenvalue weighted by molar-refractivity contribution is 0.406. The van der Waals surface area contributed by atoms with Crippen LogP contribution in [0.25, 0.3) is 0 Å². The average Bonchev–Trinajstić information content (AvgIpc) is 2.47. The Kier molecular flexibility index (Phi) is 5.92. The molecule has 112 valence electrons. The van der Waals surface area contributed by atoms with E-state index in [0.717, 1.165) is 34.2 Å². The Bertz CT molecular complexity index is 601. The Hall–Kier alpha value is -1.22. The number of methoxy groups -OCH3 is 1. The van der Waals surface area contributed by atoms with Crippen LogP contribution < -0.4 is 10.1 Å². The third-order valence-electron chi connectivity index (χ3n) is 3.49. The summed E-state index contributed by atoms with van der Waals surface area (Å²) in [5.41, 5.74) is 2.31. The van der Waals surface area contributed by atoms with E-state index >= 15 is 0 Å². The Labute approximate surface area is 136 Å². The summed E-state index contributed by atoms with van der Waals surface area (Å²) in [5.74, 6) is 0.866. The highest BCUT2D eigenvalue weighted by atomic mass is 35.5. The maximum Gasteiger partial charge on any atom is 0.122 e. The van der Waals surface area contributed by atoms with Gasteiger partial charge in [0.15, 0.2) is 0 Å². The highest BCUT2D eigenvalue weighted by Crippen LogP contribution is 2.24. The molecule has 0 saturated heterocycles. The molecule has 2 nitrogen and oxygen atoms in total. The summed E-state index contributed by atoms with van der Waals surface area (Å²) in [7, 11) is 3.64. The fraction of sp³-hybridized carbons (Fsp3) is 0.294. The van der Waals surface area contributed by atoms with E-state index in [9.17, 15) is 0 Å². The summed E-state index contributed by atoms with van der Waals surface area (Å²) in [6, 6.07) is 14.0. The number of rotatable bonds is 6. The van der Waals surface area contributed by atoms with Crippen LogP contribution in [0.3, 0.4) is 0 Å². The molecule has 1 unspecified atom stereocenters. The van der Waals surface area contributed by atoms with E-state index in [1.807, 2.05) is 43.4 Å². The molecule has 2 aromatic rings. The predicted molar refractivity (Wildman–Crippen MR) is 89.7 cm³/mol. The molecule has 0 bridgehead atoms. The van der Waals surface area contributed by atoms with E-state index in [1.165, 1.54) is 5.56 Å². The lowest BCUT2D eigenvalue weighted by atomic mass is 9.98. The summed E-state index contributed by atoms with van der Waals surface area (Å²) in [6.45, 7) is 0. The molecule has 0 radical (unpaired) electrons. The molecule has 1 N–H and O–H groups in total. The van der Waals surface area contributed by atoms with E-state index in [0.29, 0.717) is 0 Å². The third kappa shape index (κ3) is 4.63. The molecule has 0 amide bonds. The van der Waals surface area contributed by atoms with Crippen LogP contribution in [0, 0.1) is 0 Å². The van der Waals surface area contributed by atoms with Crippen LogP contribution in [0.1, 0.15) is 11.1 Å². The minimum atomic E-state index is 0.288. The normalized spacial score (nSPS) is 12.2. The monoisotopic (exact) mass is 323 g/mol. The summed E-state index contributed by atoms with van der Waals surface area (Å²) >= 11 is 12.1. The lowest BCUT2D eigenvalue weighted by Gasteiger charge is -2.18. The number of benzene rings is 2. The van der Waals surface area contributed by atoms with Gasteiger partial charge in [-0.2, -0.15) is 0 Å². The molecule has 4 heteroatoms. The summed E-state index contributed by atoms with van der Waals surface area (Å²) in [5, 5.41) is 4.84. The molecular weight excluding hydrogens is 305 g/mol. The van der Waals surface area contributed by atoms with Gasteiger partial charge in [-0.1, -0.05) is 35.3 Å². The number of halogens is 2. The van der Waals surface area contributed by atoms with E-state index in [2.05, 4.69) is 11.4 Å². The van der Waals surface area contributed by atoms with Crippen LogP contribution in [0.5, 0.6) is 5.75 Å². The second-order valence-corrected chi connectivity index (χ2v) is 5.85. The van der Waals surface area contributed by atoms with Gasteiger partial charge in [0.2, 0.25) is 0 Å². The fourth-order valence-electron chi connectivity index (χ4n) is 2.40. The first kappa shape index (κ1) is 16.2. The Morgan fingerprint density at radius 1 is 1.05 bits per heavy atom. The van der Waals surface area contributed by atoms with Gasteiger partial charge in [-0.3, -0.25) is 0 Å². The molecule has 0 aliphatic heterocycles. The predicted octanol–water partition coefficient (Wildman–Crippen LogP) is 4.38. The van der Waals surface area contributed by atoms with Crippen molar-refractivity contribution in [1.29, 1.82) is 0 Å². The highest BCUT2D eigenvalue weighted by Gasteiger charge is 2.12. The molecule has 21 heavy (non-hydrogen) atoms. The van der Waals surface area contributed by atoms with Crippen LogP contribution in [0.4, 0.5) is 0 Å². The quantitative estimate of drug-likeness (QED) is 0.852. The van der Waals surface area contributed by atoms with E-state index in [1.54, 1.807) is 7.11 Å². The Morgan fingerprint density at radius 2 is 1.81 bits per heavy atom. The molecule has 0 saturated carbocycles. The molecule has 0 aromatic heterocycles. The van der Waals surface area contributed by atoms with Gasteiger partial charge >= 0.3 is 0 Å². The second-order valence-electron chi connectivity index (χ2n) is 4.98. The Morgan fingerprint density at radius 3 is 2.48 bits per heavy atom. The highest BCUT2D eigenvalue weighted by molar-refractivity contribution is 6.30. The number of hydrogen-bond donors (Lipinski definition) is 1. The number of hydrogen-bond acceptors (Lipinski definition) is 2. The maximum atomic E-state index is 6.09. The lowest BCUT2D eigenvalue weighted by Crippen LogP contribution is -2.30. The van der Waals surface area contributed by atoms with Crippen molar-refractivity contribution in [3.63, 3.8) is 0 Å². The van der Waals surface area contributed by atoms with E-state index < -0.39 is 0 Å². The van der Waals surface area contributed by atoms with Crippen LogP contribution in [-0.2, 0) is 12.8 Å². The smallest absolute Gasteiger partial charge is 0.122 e. The van der Waals surface area contributed by atoms with Crippen LogP contribution in [-0.4, -0.2) is 20.2 Å². The molecule has 2 aromatic carbocycles. The second kappa shape index (κ2) is 7.69. The molecule has 0 fully saturated rings. The molecular formula is C17H19Cl2NO. The van der Waals surface area contributed by atoms with Gasteiger partial charge in [0.25, 0.3) is 0 Å². The zero-order chi connectivity index (χ0) is 15.2. The van der Waals surface area contributed by atoms with E-state index in [-0.39, 0.29) is 6.04 Å². The van der Waals surface area contributed by atoms with Gasteiger partial charge in [-0.05, 0) is 61.3 Å². The van der Waals surface area contributed by atoms with Gasteiger partial charge in [0, 0.05) is 16.1 Å². The van der Waals surface area contributed by atoms with E-state index in [4.69, 9.17) is 27.9 Å². The number of ether oxygens (including phenoxy) is 1. The van der Waals surface area contributed by atoms with Crippen molar-refractivity contribution in [2.24, 2.45) is 0 Å². The van der Waals surface area contributed by atoms with Gasteiger partial charge in [0.05, 0.1) is 7.11 Å². The molecule has 1 atom stereocenters. The van der Waals surface area contributed by atoms with Crippen LogP contribution in [0.2, 0.25) is 10.0 Å². The standard InChI is InChI=1S/C17H19Cl2NO/c1-20-16(9-12-4-3-5-14(18)8-12)11-13-10-15(19)6-7-17(13)21-2/h3-8,10,16,20H,9,11H2,1-2H3. The van der Waals surface area contributed by atoms with Crippen molar-refractivity contribution in [1.82, 2.24) is 5.32 Å². The number of likely N-dealkylation sites (N-methyl/N-ethyl adjacent to an activating group) is 1. The first-order valence-electron chi connectivity index (χ1n) is 6.86. The van der Waals surface area contributed by atoms with Crippen molar-refractivity contribution in [2.75, 3.05) is 14.2 Å². The van der Waals surface area contributed by atoms with Crippen molar-refractivity contribution in [3.05, 3.63) is 63.6 Å². The minimum Gasteiger partial charge on any atom is -0.496 e.